The summed E-state index contributed by atoms with van der Waals surface area (Å²) in [6.07, 6.45) is 0. The fraction of sp³-hybridized carbons (Fsp3) is 0.185. The number of urea groups is 1. The van der Waals surface area contributed by atoms with Gasteiger partial charge < -0.3 is 15.1 Å². The lowest BCUT2D eigenvalue weighted by molar-refractivity contribution is 0.200. The molecule has 3 aromatic carbocycles. The zero-order valence-corrected chi connectivity index (χ0v) is 20.1. The first kappa shape index (κ1) is 24.0. The molecule has 0 spiro atoms. The number of hydrogen-bond donors (Lipinski definition) is 1. The van der Waals surface area contributed by atoms with Gasteiger partial charge >= 0.3 is 6.03 Å². The monoisotopic (exact) mass is 484 g/mol. The molecule has 0 bridgehead atoms. The van der Waals surface area contributed by atoms with E-state index in [4.69, 9.17) is 5.26 Å². The van der Waals surface area contributed by atoms with E-state index in [1.807, 2.05) is 47.4 Å². The third kappa shape index (κ3) is 4.88. The number of halogens is 1. The van der Waals surface area contributed by atoms with Crippen LogP contribution in [0.2, 0.25) is 0 Å². The number of carbonyl (C=O) groups is 1. The molecule has 7 nitrogen and oxygen atoms in total. The molecule has 5 rings (SSSR count). The lowest BCUT2D eigenvalue weighted by atomic mass is 10.0. The van der Waals surface area contributed by atoms with Crippen LogP contribution < -0.4 is 10.2 Å². The number of anilines is 2. The van der Waals surface area contributed by atoms with Crippen LogP contribution in [0, 0.1) is 11.3 Å². The lowest BCUT2D eigenvalue weighted by Crippen LogP contribution is -2.55. The van der Waals surface area contributed by atoms with Gasteiger partial charge in [-0.05, 0) is 31.2 Å². The first-order valence-electron chi connectivity index (χ1n) is 11.3. The van der Waals surface area contributed by atoms with Gasteiger partial charge in [-0.2, -0.15) is 5.26 Å². The Kier molecular flexibility index (Phi) is 7.14. The maximum atomic E-state index is 12.8. The Balaban J connectivity index is 0.00000289. The fourth-order valence-electron chi connectivity index (χ4n) is 4.40. The van der Waals surface area contributed by atoms with Crippen molar-refractivity contribution in [1.82, 2.24) is 15.1 Å². The van der Waals surface area contributed by atoms with Gasteiger partial charge in [-0.1, -0.05) is 54.6 Å². The number of amides is 2. The van der Waals surface area contributed by atoms with Crippen molar-refractivity contribution in [1.29, 1.82) is 5.26 Å². The summed E-state index contributed by atoms with van der Waals surface area (Å²) in [6, 6.07) is 27.2. The van der Waals surface area contributed by atoms with Gasteiger partial charge in [0.2, 0.25) is 0 Å². The van der Waals surface area contributed by atoms with Crippen LogP contribution in [0.5, 0.6) is 0 Å². The molecule has 1 N–H and O–H groups in total. The summed E-state index contributed by atoms with van der Waals surface area (Å²) in [5, 5.41) is 23.2. The normalized spacial score (nSPS) is 15.3. The predicted molar refractivity (Wildman–Crippen MR) is 141 cm³/mol. The third-order valence-corrected chi connectivity index (χ3v) is 6.17. The van der Waals surface area contributed by atoms with Crippen LogP contribution in [0.1, 0.15) is 12.5 Å². The molecule has 176 valence electrons. The first-order chi connectivity index (χ1) is 16.6. The first-order valence-corrected chi connectivity index (χ1v) is 11.3. The molecule has 4 aromatic rings. The van der Waals surface area contributed by atoms with E-state index >= 15 is 0 Å². The van der Waals surface area contributed by atoms with Crippen molar-refractivity contribution in [3.63, 3.8) is 0 Å². The molecule has 1 aliphatic heterocycles. The quantitative estimate of drug-likeness (QED) is 0.424. The van der Waals surface area contributed by atoms with Crippen LogP contribution in [-0.2, 0) is 0 Å². The average Bonchev–Trinajstić information content (AvgIpc) is 2.89. The Morgan fingerprint density at radius 2 is 1.63 bits per heavy atom. The maximum absolute atomic E-state index is 12.8. The van der Waals surface area contributed by atoms with E-state index < -0.39 is 0 Å². The highest BCUT2D eigenvalue weighted by atomic mass is 35.5. The van der Waals surface area contributed by atoms with Crippen LogP contribution in [0.25, 0.3) is 22.0 Å². The van der Waals surface area contributed by atoms with Crippen molar-refractivity contribution in [2.24, 2.45) is 0 Å². The molecule has 2 amide bonds. The molecule has 1 saturated heterocycles. The molecule has 1 fully saturated rings. The van der Waals surface area contributed by atoms with Gasteiger partial charge in [-0.15, -0.1) is 22.6 Å². The minimum Gasteiger partial charge on any atom is -0.348 e. The summed E-state index contributed by atoms with van der Waals surface area (Å²) in [5.41, 5.74) is 3.14. The van der Waals surface area contributed by atoms with Gasteiger partial charge in [-0.3, -0.25) is 0 Å². The van der Waals surface area contributed by atoms with Crippen LogP contribution in [-0.4, -0.2) is 46.8 Å². The molecule has 0 saturated carbocycles. The number of aromatic nitrogens is 2. The smallest absolute Gasteiger partial charge is 0.321 e. The maximum Gasteiger partial charge on any atom is 0.321 e. The molecular formula is C27H25ClN6O. The van der Waals surface area contributed by atoms with E-state index in [1.165, 1.54) is 0 Å². The summed E-state index contributed by atoms with van der Waals surface area (Å²) in [7, 11) is 0. The molecule has 1 aliphatic rings. The van der Waals surface area contributed by atoms with Crippen molar-refractivity contribution in [2.45, 2.75) is 13.0 Å². The van der Waals surface area contributed by atoms with E-state index in [1.54, 1.807) is 24.3 Å². The van der Waals surface area contributed by atoms with E-state index in [2.05, 4.69) is 45.5 Å². The molecule has 0 radical (unpaired) electrons. The lowest BCUT2D eigenvalue weighted by Gasteiger charge is -2.40. The largest absolute Gasteiger partial charge is 0.348 e. The Hall–Kier alpha value is -4.15. The molecule has 2 heterocycles. The standard InChI is InChI=1S/C27H24N6O.ClH/c1-19-18-32(27(34)29-22-13-11-20(17-28)12-14-22)15-16-33(19)26-24-10-6-5-9-23(24)25(30-31-26)21-7-3-2-4-8-21;/h2-14,19H,15-16,18H2,1H3,(H,29,34);1H. The zero-order chi connectivity index (χ0) is 23.5. The number of rotatable bonds is 3. The number of nitriles is 1. The van der Waals surface area contributed by atoms with E-state index in [9.17, 15) is 4.79 Å². The average molecular weight is 485 g/mol. The topological polar surface area (TPSA) is 85.2 Å². The number of benzene rings is 3. The number of hydrogen-bond acceptors (Lipinski definition) is 5. The summed E-state index contributed by atoms with van der Waals surface area (Å²) < 4.78 is 0. The molecule has 35 heavy (non-hydrogen) atoms. The highest BCUT2D eigenvalue weighted by Gasteiger charge is 2.29. The highest BCUT2D eigenvalue weighted by molar-refractivity contribution is 6.00. The van der Waals surface area contributed by atoms with Crippen molar-refractivity contribution in [3.05, 3.63) is 84.4 Å². The van der Waals surface area contributed by atoms with E-state index in [-0.39, 0.29) is 24.5 Å². The van der Waals surface area contributed by atoms with Gasteiger partial charge in [0.15, 0.2) is 5.82 Å². The second kappa shape index (κ2) is 10.4. The van der Waals surface area contributed by atoms with Crippen LogP contribution in [0.3, 0.4) is 0 Å². The number of carbonyl (C=O) groups excluding carboxylic acids is 1. The SMILES string of the molecule is CC1CN(C(=O)Nc2ccc(C#N)cc2)CCN1c1nnc(-c2ccccc2)c2ccccc12.Cl. The minimum atomic E-state index is -0.147. The molecule has 1 atom stereocenters. The predicted octanol–water partition coefficient (Wildman–Crippen LogP) is 5.33. The minimum absolute atomic E-state index is 0. The van der Waals surface area contributed by atoms with Crippen molar-refractivity contribution >= 4 is 40.7 Å². The number of nitrogens with zero attached hydrogens (tertiary/aromatic N) is 5. The van der Waals surface area contributed by atoms with Crippen molar-refractivity contribution in [2.75, 3.05) is 29.9 Å². The molecular weight excluding hydrogens is 460 g/mol. The Bertz CT molecular complexity index is 1370. The summed E-state index contributed by atoms with van der Waals surface area (Å²) >= 11 is 0. The molecule has 1 aromatic heterocycles. The van der Waals surface area contributed by atoms with Crippen LogP contribution in [0.15, 0.2) is 78.9 Å². The van der Waals surface area contributed by atoms with Crippen molar-refractivity contribution < 1.29 is 4.79 Å². The van der Waals surface area contributed by atoms with Gasteiger partial charge in [0, 0.05) is 47.7 Å². The van der Waals surface area contributed by atoms with Crippen molar-refractivity contribution in [3.8, 4) is 17.3 Å². The summed E-state index contributed by atoms with van der Waals surface area (Å²) in [4.78, 5) is 16.9. The van der Waals surface area contributed by atoms with E-state index in [0.717, 1.165) is 27.8 Å². The van der Waals surface area contributed by atoms with Gasteiger partial charge in [0.1, 0.15) is 5.69 Å². The summed E-state index contributed by atoms with van der Waals surface area (Å²) in [6.45, 7) is 3.90. The Labute approximate surface area is 210 Å². The van der Waals surface area contributed by atoms with Gasteiger partial charge in [0.25, 0.3) is 0 Å². The second-order valence-electron chi connectivity index (χ2n) is 8.39. The highest BCUT2D eigenvalue weighted by Crippen LogP contribution is 2.32. The van der Waals surface area contributed by atoms with Gasteiger partial charge in [-0.25, -0.2) is 4.79 Å². The molecule has 1 unspecified atom stereocenters. The van der Waals surface area contributed by atoms with Gasteiger partial charge in [0.05, 0.1) is 11.6 Å². The Morgan fingerprint density at radius 3 is 2.31 bits per heavy atom. The van der Waals surface area contributed by atoms with Crippen LogP contribution in [0.4, 0.5) is 16.3 Å². The van der Waals surface area contributed by atoms with E-state index in [0.29, 0.717) is 30.9 Å². The Morgan fingerprint density at radius 1 is 0.943 bits per heavy atom. The number of piperazine rings is 1. The number of fused-ring (bicyclic) bond motifs is 1. The third-order valence-electron chi connectivity index (χ3n) is 6.17. The fourth-order valence-corrected chi connectivity index (χ4v) is 4.40. The molecule has 8 heteroatoms. The number of nitrogens with one attached hydrogen (secondary N) is 1. The molecule has 0 aliphatic carbocycles. The summed E-state index contributed by atoms with van der Waals surface area (Å²) in [5.74, 6) is 0.843. The second-order valence-corrected chi connectivity index (χ2v) is 8.39. The van der Waals surface area contributed by atoms with Crippen LogP contribution >= 0.6 is 12.4 Å². The zero-order valence-electron chi connectivity index (χ0n) is 19.3.